The molecule has 0 radical (unpaired) electrons. The monoisotopic (exact) mass is 306 g/mol. The third kappa shape index (κ3) is 4.46. The molecule has 2 aromatic carbocycles. The quantitative estimate of drug-likeness (QED) is 0.887. The van der Waals surface area contributed by atoms with Gasteiger partial charge >= 0.3 is 0 Å². The predicted molar refractivity (Wildman–Crippen MR) is 82.9 cm³/mol. The second-order valence-corrected chi connectivity index (χ2v) is 5.12. The molecule has 0 saturated heterocycles. The molecular weight excluding hydrogens is 291 g/mol. The van der Waals surface area contributed by atoms with Crippen molar-refractivity contribution in [1.82, 2.24) is 5.32 Å². The van der Waals surface area contributed by atoms with Crippen LogP contribution in [0.3, 0.4) is 0 Å². The van der Waals surface area contributed by atoms with Crippen LogP contribution in [-0.4, -0.2) is 12.5 Å². The standard InChI is InChI=1S/C16H16ClFN2O/c1-11-4-2-3-5-12(11)9-20-16(21)10-19-15-7-6-13(17)8-14(15)18/h2-8,19H,9-10H2,1H3,(H,20,21). The Morgan fingerprint density at radius 3 is 2.71 bits per heavy atom. The van der Waals surface area contributed by atoms with Crippen LogP contribution in [-0.2, 0) is 11.3 Å². The van der Waals surface area contributed by atoms with Gasteiger partial charge in [-0.3, -0.25) is 4.79 Å². The largest absolute Gasteiger partial charge is 0.374 e. The van der Waals surface area contributed by atoms with Gasteiger partial charge in [-0.05, 0) is 36.2 Å². The van der Waals surface area contributed by atoms with Gasteiger partial charge in [0.05, 0.1) is 12.2 Å². The lowest BCUT2D eigenvalue weighted by Crippen LogP contribution is -2.29. The Balaban J connectivity index is 1.84. The van der Waals surface area contributed by atoms with E-state index in [0.717, 1.165) is 11.1 Å². The van der Waals surface area contributed by atoms with Gasteiger partial charge in [-0.1, -0.05) is 35.9 Å². The van der Waals surface area contributed by atoms with Crippen LogP contribution in [0.4, 0.5) is 10.1 Å². The second-order valence-electron chi connectivity index (χ2n) is 4.68. The maximum absolute atomic E-state index is 13.5. The minimum atomic E-state index is -0.478. The number of hydrogen-bond acceptors (Lipinski definition) is 2. The zero-order chi connectivity index (χ0) is 15.2. The van der Waals surface area contributed by atoms with Crippen molar-refractivity contribution in [2.45, 2.75) is 13.5 Å². The molecule has 2 aromatic rings. The number of carbonyl (C=O) groups excluding carboxylic acids is 1. The third-order valence-corrected chi connectivity index (χ3v) is 3.34. The van der Waals surface area contributed by atoms with Crippen molar-refractivity contribution in [1.29, 1.82) is 0 Å². The van der Waals surface area contributed by atoms with E-state index in [1.165, 1.54) is 12.1 Å². The van der Waals surface area contributed by atoms with Crippen molar-refractivity contribution in [2.24, 2.45) is 0 Å². The highest BCUT2D eigenvalue weighted by Gasteiger charge is 2.06. The molecule has 0 saturated carbocycles. The van der Waals surface area contributed by atoms with Crippen LogP contribution in [0.1, 0.15) is 11.1 Å². The van der Waals surface area contributed by atoms with Gasteiger partial charge in [0.1, 0.15) is 5.82 Å². The minimum absolute atomic E-state index is 0.00440. The van der Waals surface area contributed by atoms with Gasteiger partial charge in [-0.2, -0.15) is 0 Å². The molecule has 2 N–H and O–H groups in total. The minimum Gasteiger partial charge on any atom is -0.374 e. The average molecular weight is 307 g/mol. The van der Waals surface area contributed by atoms with Crippen molar-refractivity contribution in [3.8, 4) is 0 Å². The Labute approximate surface area is 128 Å². The molecule has 5 heteroatoms. The molecule has 0 aliphatic heterocycles. The molecule has 1 amide bonds. The molecule has 110 valence electrons. The van der Waals surface area contributed by atoms with Crippen LogP contribution in [0.15, 0.2) is 42.5 Å². The number of aryl methyl sites for hydroxylation is 1. The first-order valence-electron chi connectivity index (χ1n) is 6.56. The summed E-state index contributed by atoms with van der Waals surface area (Å²) in [5.74, 6) is -0.679. The molecule has 0 atom stereocenters. The molecule has 0 heterocycles. The van der Waals surface area contributed by atoms with Crippen molar-refractivity contribution in [3.05, 3.63) is 64.4 Å². The number of hydrogen-bond donors (Lipinski definition) is 2. The number of amides is 1. The summed E-state index contributed by atoms with van der Waals surface area (Å²) in [5.41, 5.74) is 2.43. The number of halogens is 2. The highest BCUT2D eigenvalue weighted by Crippen LogP contribution is 2.18. The highest BCUT2D eigenvalue weighted by molar-refractivity contribution is 6.30. The summed E-state index contributed by atoms with van der Waals surface area (Å²) in [6.07, 6.45) is 0. The van der Waals surface area contributed by atoms with E-state index in [1.54, 1.807) is 6.07 Å². The molecule has 3 nitrogen and oxygen atoms in total. The third-order valence-electron chi connectivity index (χ3n) is 3.11. The Kier molecular flexibility index (Phi) is 5.17. The zero-order valence-corrected chi connectivity index (χ0v) is 12.4. The lowest BCUT2D eigenvalue weighted by Gasteiger charge is -2.10. The van der Waals surface area contributed by atoms with Crippen molar-refractivity contribution in [3.63, 3.8) is 0 Å². The zero-order valence-electron chi connectivity index (χ0n) is 11.6. The first-order valence-corrected chi connectivity index (χ1v) is 6.94. The summed E-state index contributed by atoms with van der Waals surface area (Å²) in [4.78, 5) is 11.8. The summed E-state index contributed by atoms with van der Waals surface area (Å²) in [5, 5.41) is 5.86. The second kappa shape index (κ2) is 7.09. The molecule has 0 unspecified atom stereocenters. The van der Waals surface area contributed by atoms with Crippen molar-refractivity contribution < 1.29 is 9.18 Å². The molecular formula is C16H16ClFN2O. The lowest BCUT2D eigenvalue weighted by molar-refractivity contribution is -0.119. The number of nitrogens with one attached hydrogen (secondary N) is 2. The van der Waals surface area contributed by atoms with E-state index in [2.05, 4.69) is 10.6 Å². The normalized spacial score (nSPS) is 10.2. The molecule has 0 aliphatic carbocycles. The van der Waals surface area contributed by atoms with E-state index < -0.39 is 5.82 Å². The fourth-order valence-electron chi connectivity index (χ4n) is 1.87. The van der Waals surface area contributed by atoms with Crippen LogP contribution >= 0.6 is 11.6 Å². The van der Waals surface area contributed by atoms with Gasteiger partial charge in [0.25, 0.3) is 0 Å². The maximum atomic E-state index is 13.5. The maximum Gasteiger partial charge on any atom is 0.239 e. The van der Waals surface area contributed by atoms with Crippen LogP contribution in [0.2, 0.25) is 5.02 Å². The Bertz CT molecular complexity index is 646. The van der Waals surface area contributed by atoms with E-state index in [0.29, 0.717) is 11.6 Å². The van der Waals surface area contributed by atoms with E-state index in [-0.39, 0.29) is 18.1 Å². The molecule has 2 rings (SSSR count). The fraction of sp³-hybridized carbons (Fsp3) is 0.188. The Morgan fingerprint density at radius 2 is 2.00 bits per heavy atom. The van der Waals surface area contributed by atoms with E-state index in [4.69, 9.17) is 11.6 Å². The smallest absolute Gasteiger partial charge is 0.239 e. The van der Waals surface area contributed by atoms with Crippen LogP contribution in [0.25, 0.3) is 0 Å². The first kappa shape index (κ1) is 15.3. The van der Waals surface area contributed by atoms with Crippen LogP contribution in [0, 0.1) is 12.7 Å². The summed E-state index contributed by atoms with van der Waals surface area (Å²) in [7, 11) is 0. The van der Waals surface area contributed by atoms with Crippen molar-refractivity contribution in [2.75, 3.05) is 11.9 Å². The number of benzene rings is 2. The van der Waals surface area contributed by atoms with Gasteiger partial charge in [-0.15, -0.1) is 0 Å². The Morgan fingerprint density at radius 1 is 1.24 bits per heavy atom. The van der Waals surface area contributed by atoms with Crippen LogP contribution < -0.4 is 10.6 Å². The van der Waals surface area contributed by atoms with Gasteiger partial charge < -0.3 is 10.6 Å². The predicted octanol–water partition coefficient (Wildman–Crippen LogP) is 3.52. The molecule has 0 aromatic heterocycles. The van der Waals surface area contributed by atoms with Crippen LogP contribution in [0.5, 0.6) is 0 Å². The fourth-order valence-corrected chi connectivity index (χ4v) is 2.03. The summed E-state index contributed by atoms with van der Waals surface area (Å²) < 4.78 is 13.5. The summed E-state index contributed by atoms with van der Waals surface area (Å²) >= 11 is 5.66. The average Bonchev–Trinajstić information content (AvgIpc) is 2.45. The van der Waals surface area contributed by atoms with Gasteiger partial charge in [0.15, 0.2) is 0 Å². The first-order chi connectivity index (χ1) is 10.1. The summed E-state index contributed by atoms with van der Waals surface area (Å²) in [6, 6.07) is 12.1. The van der Waals surface area contributed by atoms with E-state index >= 15 is 0 Å². The van der Waals surface area contributed by atoms with E-state index in [1.807, 2.05) is 31.2 Å². The van der Waals surface area contributed by atoms with Gasteiger partial charge in [0, 0.05) is 11.6 Å². The summed E-state index contributed by atoms with van der Waals surface area (Å²) in [6.45, 7) is 2.45. The number of rotatable bonds is 5. The van der Waals surface area contributed by atoms with E-state index in [9.17, 15) is 9.18 Å². The topological polar surface area (TPSA) is 41.1 Å². The highest BCUT2D eigenvalue weighted by atomic mass is 35.5. The molecule has 0 bridgehead atoms. The Hall–Kier alpha value is -2.07. The molecule has 21 heavy (non-hydrogen) atoms. The number of anilines is 1. The lowest BCUT2D eigenvalue weighted by atomic mass is 10.1. The van der Waals surface area contributed by atoms with Crippen molar-refractivity contribution >= 4 is 23.2 Å². The molecule has 0 spiro atoms. The van der Waals surface area contributed by atoms with Gasteiger partial charge in [-0.25, -0.2) is 4.39 Å². The molecule has 0 fully saturated rings. The van der Waals surface area contributed by atoms with Gasteiger partial charge in [0.2, 0.25) is 5.91 Å². The number of carbonyl (C=O) groups is 1. The molecule has 0 aliphatic rings. The SMILES string of the molecule is Cc1ccccc1CNC(=O)CNc1ccc(Cl)cc1F.